The molecule has 0 aliphatic heterocycles. The van der Waals surface area contributed by atoms with Gasteiger partial charge in [-0.1, -0.05) is 0 Å². The van der Waals surface area contributed by atoms with Crippen molar-refractivity contribution in [1.29, 1.82) is 0 Å². The summed E-state index contributed by atoms with van der Waals surface area (Å²) in [6.07, 6.45) is 0.704. The Hall–Kier alpha value is -2.15. The number of anilines is 1. The summed E-state index contributed by atoms with van der Waals surface area (Å²) in [5.74, 6) is -0.322. The second kappa shape index (κ2) is 7.44. The molecule has 0 aliphatic rings. The Morgan fingerprint density at radius 1 is 1.50 bits per heavy atom. The van der Waals surface area contributed by atoms with Crippen molar-refractivity contribution in [1.82, 2.24) is 5.32 Å². The topological polar surface area (TPSA) is 110 Å². The van der Waals surface area contributed by atoms with E-state index in [1.807, 2.05) is 6.92 Å². The van der Waals surface area contributed by atoms with E-state index < -0.39 is 4.92 Å². The summed E-state index contributed by atoms with van der Waals surface area (Å²) in [5, 5.41) is 16.6. The van der Waals surface area contributed by atoms with Crippen molar-refractivity contribution in [3.8, 4) is 0 Å². The second-order valence-corrected chi connectivity index (χ2v) is 4.54. The Morgan fingerprint density at radius 3 is 2.75 bits per heavy atom. The van der Waals surface area contributed by atoms with Gasteiger partial charge in [0.05, 0.1) is 4.92 Å². The van der Waals surface area contributed by atoms with E-state index in [0.717, 1.165) is 0 Å². The van der Waals surface area contributed by atoms with Gasteiger partial charge in [0.15, 0.2) is 0 Å². The Balaban J connectivity index is 2.90. The van der Waals surface area contributed by atoms with Crippen LogP contribution in [0.4, 0.5) is 11.4 Å². The van der Waals surface area contributed by atoms with Crippen LogP contribution in [-0.2, 0) is 0 Å². The molecule has 7 nitrogen and oxygen atoms in total. The number of nitrogens with one attached hydrogen (secondary N) is 2. The lowest BCUT2D eigenvalue weighted by molar-refractivity contribution is -0.384. The summed E-state index contributed by atoms with van der Waals surface area (Å²) >= 11 is 0. The number of nitrogens with two attached hydrogens (primary N) is 1. The monoisotopic (exact) mass is 280 g/mol. The summed E-state index contributed by atoms with van der Waals surface area (Å²) in [6.45, 7) is 4.67. The molecule has 0 aromatic heterocycles. The van der Waals surface area contributed by atoms with Crippen LogP contribution in [0.3, 0.4) is 0 Å². The lowest BCUT2D eigenvalue weighted by Crippen LogP contribution is -2.23. The van der Waals surface area contributed by atoms with Crippen LogP contribution in [0.15, 0.2) is 18.2 Å². The fourth-order valence-electron chi connectivity index (χ4n) is 1.67. The Kier molecular flexibility index (Phi) is 5.92. The zero-order valence-electron chi connectivity index (χ0n) is 11.7. The Bertz CT molecular complexity index is 489. The predicted octanol–water partition coefficient (Wildman–Crippen LogP) is 1.49. The number of nitro groups is 1. The molecule has 0 spiro atoms. The van der Waals surface area contributed by atoms with Gasteiger partial charge in [-0.15, -0.1) is 0 Å². The third-order valence-corrected chi connectivity index (χ3v) is 2.71. The van der Waals surface area contributed by atoms with E-state index in [4.69, 9.17) is 5.73 Å². The van der Waals surface area contributed by atoms with Gasteiger partial charge in [0.25, 0.3) is 11.6 Å². The Morgan fingerprint density at radius 2 is 2.20 bits per heavy atom. The first kappa shape index (κ1) is 15.9. The second-order valence-electron chi connectivity index (χ2n) is 4.54. The van der Waals surface area contributed by atoms with Crippen LogP contribution in [0.1, 0.15) is 30.6 Å². The quantitative estimate of drug-likeness (QED) is 0.517. The number of carbonyl (C=O) groups is 1. The highest BCUT2D eigenvalue weighted by Crippen LogP contribution is 2.25. The first-order chi connectivity index (χ1) is 9.45. The zero-order chi connectivity index (χ0) is 15.1. The molecule has 0 heterocycles. The molecule has 1 rings (SSSR count). The molecule has 0 bridgehead atoms. The van der Waals surface area contributed by atoms with E-state index in [2.05, 4.69) is 10.6 Å². The minimum absolute atomic E-state index is 0.0242. The molecule has 1 aromatic rings. The first-order valence-corrected chi connectivity index (χ1v) is 6.51. The summed E-state index contributed by atoms with van der Waals surface area (Å²) in [6, 6.07) is 4.41. The molecule has 1 aromatic carbocycles. The third-order valence-electron chi connectivity index (χ3n) is 2.71. The minimum Gasteiger partial charge on any atom is -0.379 e. The fraction of sp³-hybridized carbons (Fsp3) is 0.462. The largest absolute Gasteiger partial charge is 0.379 e. The van der Waals surface area contributed by atoms with Gasteiger partial charge in [0.2, 0.25) is 0 Å². The molecule has 7 heteroatoms. The molecule has 0 aliphatic carbocycles. The number of benzene rings is 1. The Labute approximate surface area is 117 Å². The number of rotatable bonds is 7. The van der Waals surface area contributed by atoms with Crippen molar-refractivity contribution >= 4 is 17.3 Å². The van der Waals surface area contributed by atoms with Crippen molar-refractivity contribution in [2.45, 2.75) is 26.3 Å². The maximum atomic E-state index is 11.7. The van der Waals surface area contributed by atoms with Crippen LogP contribution in [-0.4, -0.2) is 30.0 Å². The van der Waals surface area contributed by atoms with Gasteiger partial charge in [-0.2, -0.15) is 0 Å². The highest BCUT2D eigenvalue weighted by Gasteiger charge is 2.17. The normalized spacial score (nSPS) is 11.8. The minimum atomic E-state index is -0.503. The summed E-state index contributed by atoms with van der Waals surface area (Å²) in [4.78, 5) is 22.2. The molecule has 4 N–H and O–H groups in total. The predicted molar refractivity (Wildman–Crippen MR) is 77.9 cm³/mol. The standard InChI is InChI=1S/C13H20N4O3/c1-3-15-13(18)10-4-5-11(12(8-10)17(19)20)16-7-6-9(2)14/h4-5,8-9,16H,3,6-7,14H2,1-2H3,(H,15,18). The van der Waals surface area contributed by atoms with E-state index >= 15 is 0 Å². The summed E-state index contributed by atoms with van der Waals surface area (Å²) < 4.78 is 0. The van der Waals surface area contributed by atoms with Crippen LogP contribution in [0, 0.1) is 10.1 Å². The van der Waals surface area contributed by atoms with Crippen LogP contribution in [0.2, 0.25) is 0 Å². The number of hydrogen-bond acceptors (Lipinski definition) is 5. The smallest absolute Gasteiger partial charge is 0.293 e. The number of amides is 1. The van der Waals surface area contributed by atoms with Crippen LogP contribution >= 0.6 is 0 Å². The summed E-state index contributed by atoms with van der Waals surface area (Å²) in [5.41, 5.74) is 6.18. The highest BCUT2D eigenvalue weighted by atomic mass is 16.6. The van der Waals surface area contributed by atoms with Crippen LogP contribution in [0.25, 0.3) is 0 Å². The molecular formula is C13H20N4O3. The maximum absolute atomic E-state index is 11.7. The molecule has 1 atom stereocenters. The average Bonchev–Trinajstić information content (AvgIpc) is 2.38. The fourth-order valence-corrected chi connectivity index (χ4v) is 1.67. The van der Waals surface area contributed by atoms with E-state index in [1.54, 1.807) is 19.1 Å². The zero-order valence-corrected chi connectivity index (χ0v) is 11.7. The molecule has 0 saturated carbocycles. The maximum Gasteiger partial charge on any atom is 0.293 e. The lowest BCUT2D eigenvalue weighted by atomic mass is 10.1. The number of nitrogens with zero attached hydrogens (tertiary/aromatic N) is 1. The van der Waals surface area contributed by atoms with Crippen molar-refractivity contribution in [3.63, 3.8) is 0 Å². The van der Waals surface area contributed by atoms with Crippen molar-refractivity contribution in [2.24, 2.45) is 5.73 Å². The lowest BCUT2D eigenvalue weighted by Gasteiger charge is -2.10. The third kappa shape index (κ3) is 4.51. The van der Waals surface area contributed by atoms with Gasteiger partial charge < -0.3 is 16.4 Å². The van der Waals surface area contributed by atoms with E-state index in [1.165, 1.54) is 6.07 Å². The molecule has 1 unspecified atom stereocenters. The summed E-state index contributed by atoms with van der Waals surface area (Å²) in [7, 11) is 0. The molecule has 20 heavy (non-hydrogen) atoms. The van der Waals surface area contributed by atoms with Crippen LogP contribution < -0.4 is 16.4 Å². The molecule has 1 amide bonds. The highest BCUT2D eigenvalue weighted by molar-refractivity contribution is 5.95. The molecule has 110 valence electrons. The number of carbonyl (C=O) groups excluding carboxylic acids is 1. The molecular weight excluding hydrogens is 260 g/mol. The SMILES string of the molecule is CCNC(=O)c1ccc(NCCC(C)N)c([N+](=O)[O-])c1. The molecule has 0 fully saturated rings. The molecule has 0 radical (unpaired) electrons. The van der Waals surface area contributed by atoms with Gasteiger partial charge in [-0.3, -0.25) is 14.9 Å². The van der Waals surface area contributed by atoms with Gasteiger partial charge in [-0.25, -0.2) is 0 Å². The van der Waals surface area contributed by atoms with Gasteiger partial charge in [-0.05, 0) is 32.4 Å². The van der Waals surface area contributed by atoms with Crippen LogP contribution in [0.5, 0.6) is 0 Å². The van der Waals surface area contributed by atoms with Gasteiger partial charge in [0, 0.05) is 30.8 Å². The molecule has 0 saturated heterocycles. The van der Waals surface area contributed by atoms with Crippen molar-refractivity contribution in [3.05, 3.63) is 33.9 Å². The number of hydrogen-bond donors (Lipinski definition) is 3. The van der Waals surface area contributed by atoms with E-state index in [9.17, 15) is 14.9 Å². The van der Waals surface area contributed by atoms with E-state index in [-0.39, 0.29) is 23.2 Å². The van der Waals surface area contributed by atoms with Gasteiger partial charge >= 0.3 is 0 Å². The number of nitro benzene ring substituents is 1. The van der Waals surface area contributed by atoms with E-state index in [0.29, 0.717) is 25.2 Å². The van der Waals surface area contributed by atoms with Gasteiger partial charge in [0.1, 0.15) is 5.69 Å². The first-order valence-electron chi connectivity index (χ1n) is 6.51. The van der Waals surface area contributed by atoms with Crippen molar-refractivity contribution in [2.75, 3.05) is 18.4 Å². The average molecular weight is 280 g/mol. The van der Waals surface area contributed by atoms with Crippen molar-refractivity contribution < 1.29 is 9.72 Å².